The summed E-state index contributed by atoms with van der Waals surface area (Å²) in [5, 5.41) is 3.18. The maximum atomic E-state index is 13.8. The first kappa shape index (κ1) is 28.7. The van der Waals surface area contributed by atoms with Gasteiger partial charge in [-0.3, -0.25) is 13.9 Å². The van der Waals surface area contributed by atoms with Crippen molar-refractivity contribution in [2.24, 2.45) is 0 Å². The second kappa shape index (κ2) is 12.6. The highest BCUT2D eigenvalue weighted by Gasteiger charge is 2.32. The number of carbonyl (C=O) groups is 2. The zero-order valence-electron chi connectivity index (χ0n) is 20.8. The molecule has 2 amide bonds. The smallest absolute Gasteiger partial charge is 0.264 e. The van der Waals surface area contributed by atoms with Crippen molar-refractivity contribution in [2.45, 2.75) is 38.3 Å². The van der Waals surface area contributed by atoms with E-state index in [9.17, 15) is 18.0 Å². The lowest BCUT2D eigenvalue weighted by Crippen LogP contribution is -2.51. The van der Waals surface area contributed by atoms with Gasteiger partial charge in [0.25, 0.3) is 10.0 Å². The van der Waals surface area contributed by atoms with Crippen molar-refractivity contribution in [1.29, 1.82) is 0 Å². The van der Waals surface area contributed by atoms with Crippen LogP contribution in [0.5, 0.6) is 0 Å². The van der Waals surface area contributed by atoms with Gasteiger partial charge in [-0.1, -0.05) is 57.4 Å². The Morgan fingerprint density at radius 3 is 2.27 bits per heavy atom. The summed E-state index contributed by atoms with van der Waals surface area (Å²) in [5.41, 5.74) is 1.98. The summed E-state index contributed by atoms with van der Waals surface area (Å²) >= 11 is 9.47. The minimum Gasteiger partial charge on any atom is -0.355 e. The number of hydrogen-bond acceptors (Lipinski definition) is 4. The molecule has 0 heterocycles. The summed E-state index contributed by atoms with van der Waals surface area (Å²) < 4.78 is 29.3. The van der Waals surface area contributed by atoms with Crippen molar-refractivity contribution < 1.29 is 18.0 Å². The van der Waals surface area contributed by atoms with E-state index in [4.69, 9.17) is 11.6 Å². The summed E-state index contributed by atoms with van der Waals surface area (Å²) in [6, 6.07) is 19.2. The minimum atomic E-state index is -4.11. The molecule has 0 radical (unpaired) electrons. The number of benzene rings is 3. The van der Waals surface area contributed by atoms with E-state index >= 15 is 0 Å². The van der Waals surface area contributed by atoms with Gasteiger partial charge in [0.2, 0.25) is 11.8 Å². The number of rotatable bonds is 10. The first-order valence-corrected chi connectivity index (χ1v) is 14.3. The number of sulfonamides is 1. The van der Waals surface area contributed by atoms with Crippen LogP contribution in [0.2, 0.25) is 5.02 Å². The first-order valence-electron chi connectivity index (χ1n) is 11.7. The third-order valence-electron chi connectivity index (χ3n) is 5.76. The summed E-state index contributed by atoms with van der Waals surface area (Å²) in [5.74, 6) is -0.852. The second-order valence-corrected chi connectivity index (χ2v) is 11.7. The van der Waals surface area contributed by atoms with E-state index in [1.807, 2.05) is 31.2 Å². The zero-order chi connectivity index (χ0) is 27.2. The number of amides is 2. The molecule has 1 atom stereocenters. The van der Waals surface area contributed by atoms with E-state index < -0.39 is 28.5 Å². The molecule has 0 saturated carbocycles. The van der Waals surface area contributed by atoms with Crippen molar-refractivity contribution in [2.75, 3.05) is 17.4 Å². The lowest BCUT2D eigenvalue weighted by Gasteiger charge is -2.32. The van der Waals surface area contributed by atoms with Gasteiger partial charge in [0.05, 0.1) is 10.6 Å². The molecule has 1 N–H and O–H groups in total. The molecule has 1 unspecified atom stereocenters. The molecule has 0 bridgehead atoms. The maximum absolute atomic E-state index is 13.8. The lowest BCUT2D eigenvalue weighted by molar-refractivity contribution is -0.139. The average molecular weight is 607 g/mol. The number of nitrogens with one attached hydrogen (secondary N) is 1. The van der Waals surface area contributed by atoms with Gasteiger partial charge >= 0.3 is 0 Å². The van der Waals surface area contributed by atoms with Gasteiger partial charge < -0.3 is 10.2 Å². The van der Waals surface area contributed by atoms with Crippen LogP contribution in [-0.2, 0) is 26.2 Å². The van der Waals surface area contributed by atoms with E-state index in [0.29, 0.717) is 11.6 Å². The fourth-order valence-electron chi connectivity index (χ4n) is 3.71. The predicted octanol–water partition coefficient (Wildman–Crippen LogP) is 5.16. The molecular formula is C27H29BrClN3O4S. The molecule has 196 valence electrons. The van der Waals surface area contributed by atoms with Gasteiger partial charge in [0.1, 0.15) is 12.6 Å². The molecule has 0 aromatic heterocycles. The number of carbonyl (C=O) groups excluding carboxylic acids is 2. The van der Waals surface area contributed by atoms with Crippen LogP contribution in [0.15, 0.2) is 82.2 Å². The Morgan fingerprint density at radius 1 is 1.03 bits per heavy atom. The third-order valence-corrected chi connectivity index (χ3v) is 8.30. The summed E-state index contributed by atoms with van der Waals surface area (Å²) in [7, 11) is -4.11. The van der Waals surface area contributed by atoms with Gasteiger partial charge in [-0.25, -0.2) is 8.42 Å². The molecular weight excluding hydrogens is 578 g/mol. The van der Waals surface area contributed by atoms with E-state index in [1.54, 1.807) is 50.2 Å². The van der Waals surface area contributed by atoms with Crippen LogP contribution in [0.4, 0.5) is 5.69 Å². The number of nitrogens with zero attached hydrogens (tertiary/aromatic N) is 2. The highest BCUT2D eigenvalue weighted by Crippen LogP contribution is 2.26. The van der Waals surface area contributed by atoms with Gasteiger partial charge in [0, 0.05) is 22.6 Å². The van der Waals surface area contributed by atoms with E-state index in [-0.39, 0.29) is 23.0 Å². The van der Waals surface area contributed by atoms with E-state index in [2.05, 4.69) is 21.2 Å². The number of anilines is 1. The Kier molecular flexibility index (Phi) is 9.75. The average Bonchev–Trinajstić information content (AvgIpc) is 2.86. The van der Waals surface area contributed by atoms with Crippen LogP contribution in [0.25, 0.3) is 0 Å². The summed E-state index contributed by atoms with van der Waals surface area (Å²) in [6.45, 7) is 5.30. The standard InChI is InChI=1S/C27H29BrClN3O4S/c1-4-30-27(34)20(3)31(17-21-6-5-7-22(28)16-21)26(33)18-32(24-12-10-23(29)11-13-24)37(35,36)25-14-8-19(2)9-15-25/h5-16,20H,4,17-18H2,1-3H3,(H,30,34). The lowest BCUT2D eigenvalue weighted by atomic mass is 10.1. The molecule has 37 heavy (non-hydrogen) atoms. The van der Waals surface area contributed by atoms with Gasteiger partial charge in [-0.2, -0.15) is 0 Å². The van der Waals surface area contributed by atoms with Crippen molar-refractivity contribution in [1.82, 2.24) is 10.2 Å². The third kappa shape index (κ3) is 7.34. The second-order valence-electron chi connectivity index (χ2n) is 8.52. The van der Waals surface area contributed by atoms with Gasteiger partial charge in [-0.15, -0.1) is 0 Å². The van der Waals surface area contributed by atoms with Crippen molar-refractivity contribution in [3.8, 4) is 0 Å². The van der Waals surface area contributed by atoms with Crippen LogP contribution in [0, 0.1) is 6.92 Å². The van der Waals surface area contributed by atoms with E-state index in [1.165, 1.54) is 17.0 Å². The topological polar surface area (TPSA) is 86.8 Å². The Balaban J connectivity index is 2.02. The molecule has 3 aromatic carbocycles. The Bertz CT molecular complexity index is 1350. The highest BCUT2D eigenvalue weighted by atomic mass is 79.9. The number of halogens is 2. The maximum Gasteiger partial charge on any atom is 0.264 e. The molecule has 0 spiro atoms. The van der Waals surface area contributed by atoms with Crippen LogP contribution in [0.1, 0.15) is 25.0 Å². The number of hydrogen-bond donors (Lipinski definition) is 1. The monoisotopic (exact) mass is 605 g/mol. The number of likely N-dealkylation sites (N-methyl/N-ethyl adjacent to an activating group) is 1. The Hall–Kier alpha value is -2.88. The predicted molar refractivity (Wildman–Crippen MR) is 150 cm³/mol. The van der Waals surface area contributed by atoms with Crippen molar-refractivity contribution >= 4 is 55.1 Å². The Labute approximate surface area is 231 Å². The van der Waals surface area contributed by atoms with Crippen LogP contribution >= 0.6 is 27.5 Å². The molecule has 3 aromatic rings. The fourth-order valence-corrected chi connectivity index (χ4v) is 5.70. The van der Waals surface area contributed by atoms with Gasteiger partial charge in [0.15, 0.2) is 0 Å². The summed E-state index contributed by atoms with van der Waals surface area (Å²) in [4.78, 5) is 27.9. The normalized spacial score (nSPS) is 12.0. The zero-order valence-corrected chi connectivity index (χ0v) is 24.0. The Morgan fingerprint density at radius 2 is 1.68 bits per heavy atom. The summed E-state index contributed by atoms with van der Waals surface area (Å²) in [6.07, 6.45) is 0. The van der Waals surface area contributed by atoms with Gasteiger partial charge in [-0.05, 0) is 74.9 Å². The highest BCUT2D eigenvalue weighted by molar-refractivity contribution is 9.10. The largest absolute Gasteiger partial charge is 0.355 e. The number of aryl methyl sites for hydroxylation is 1. The quantitative estimate of drug-likeness (QED) is 0.346. The SMILES string of the molecule is CCNC(=O)C(C)N(Cc1cccc(Br)c1)C(=O)CN(c1ccc(Cl)cc1)S(=O)(=O)c1ccc(C)cc1. The molecule has 3 rings (SSSR count). The minimum absolute atomic E-state index is 0.0520. The van der Waals surface area contributed by atoms with E-state index in [0.717, 1.165) is 19.9 Å². The molecule has 10 heteroatoms. The molecule has 7 nitrogen and oxygen atoms in total. The fraction of sp³-hybridized carbons (Fsp3) is 0.259. The molecule has 0 fully saturated rings. The van der Waals surface area contributed by atoms with Crippen molar-refractivity contribution in [3.05, 3.63) is 93.4 Å². The van der Waals surface area contributed by atoms with Crippen LogP contribution in [0.3, 0.4) is 0 Å². The van der Waals surface area contributed by atoms with Crippen molar-refractivity contribution in [3.63, 3.8) is 0 Å². The molecule has 0 aliphatic carbocycles. The van der Waals surface area contributed by atoms with Crippen LogP contribution in [-0.4, -0.2) is 44.3 Å². The molecule has 0 aliphatic rings. The molecule has 0 aliphatic heterocycles. The van der Waals surface area contributed by atoms with Crippen LogP contribution < -0.4 is 9.62 Å². The molecule has 0 saturated heterocycles. The first-order chi connectivity index (χ1) is 17.5.